The van der Waals surface area contributed by atoms with Crippen LogP contribution in [0.1, 0.15) is 46.8 Å². The maximum atomic E-state index is 12.8. The second kappa shape index (κ2) is 9.85. The van der Waals surface area contributed by atoms with Crippen molar-refractivity contribution in [3.63, 3.8) is 0 Å². The number of rotatable bonds is 8. The Morgan fingerprint density at radius 3 is 2.68 bits per heavy atom. The number of amides is 2. The summed E-state index contributed by atoms with van der Waals surface area (Å²) in [4.78, 5) is 25.0. The van der Waals surface area contributed by atoms with E-state index in [2.05, 4.69) is 29.3 Å². The van der Waals surface area contributed by atoms with Gasteiger partial charge in [-0.3, -0.25) is 9.59 Å². The summed E-state index contributed by atoms with van der Waals surface area (Å²) in [5.74, 6) is 0.754. The molecule has 1 aromatic carbocycles. The number of thiophene rings is 1. The average Bonchev–Trinajstić information content (AvgIpc) is 3.12. The summed E-state index contributed by atoms with van der Waals surface area (Å²) >= 11 is 1.58. The quantitative estimate of drug-likeness (QED) is 0.522. The Hall–Kier alpha value is -2.18. The van der Waals surface area contributed by atoms with Crippen LogP contribution >= 0.6 is 11.3 Å². The first kappa shape index (κ1) is 20.6. The Kier molecular flexibility index (Phi) is 7.23. The third-order valence-electron chi connectivity index (χ3n) is 5.44. The second-order valence-corrected chi connectivity index (χ2v) is 8.31. The van der Waals surface area contributed by atoms with Gasteiger partial charge in [0.2, 0.25) is 5.91 Å². The highest BCUT2D eigenvalue weighted by Gasteiger charge is 2.29. The van der Waals surface area contributed by atoms with Crippen LogP contribution in [0.4, 0.5) is 0 Å². The van der Waals surface area contributed by atoms with Crippen molar-refractivity contribution >= 4 is 33.2 Å². The normalized spacial score (nSPS) is 19.3. The number of fused-ring (bicyclic) bond motifs is 1. The van der Waals surface area contributed by atoms with E-state index >= 15 is 0 Å². The minimum atomic E-state index is -0.110. The van der Waals surface area contributed by atoms with Crippen molar-refractivity contribution in [2.45, 2.75) is 31.6 Å². The zero-order valence-corrected chi connectivity index (χ0v) is 17.1. The molecule has 0 spiro atoms. The monoisotopic (exact) mass is 400 g/mol. The van der Waals surface area contributed by atoms with Crippen LogP contribution in [-0.4, -0.2) is 38.6 Å². The molecule has 1 aliphatic rings. The number of ether oxygens (including phenoxy) is 1. The van der Waals surface area contributed by atoms with Gasteiger partial charge in [-0.25, -0.2) is 0 Å². The first-order chi connectivity index (χ1) is 13.6. The van der Waals surface area contributed by atoms with Crippen LogP contribution in [0.25, 0.3) is 10.1 Å². The van der Waals surface area contributed by atoms with Crippen molar-refractivity contribution in [3.05, 3.63) is 47.4 Å². The van der Waals surface area contributed by atoms with E-state index < -0.39 is 0 Å². The van der Waals surface area contributed by atoms with Gasteiger partial charge in [0.1, 0.15) is 0 Å². The summed E-state index contributed by atoms with van der Waals surface area (Å²) in [7, 11) is 1.63. The molecule has 2 aromatic rings. The van der Waals surface area contributed by atoms with Crippen LogP contribution in [0.15, 0.2) is 36.9 Å². The van der Waals surface area contributed by atoms with Gasteiger partial charge < -0.3 is 15.4 Å². The van der Waals surface area contributed by atoms with Crippen LogP contribution < -0.4 is 10.6 Å². The molecule has 3 rings (SSSR count). The smallest absolute Gasteiger partial charge is 0.261 e. The van der Waals surface area contributed by atoms with Crippen molar-refractivity contribution in [3.8, 4) is 0 Å². The van der Waals surface area contributed by atoms with E-state index in [0.29, 0.717) is 31.5 Å². The Labute approximate surface area is 170 Å². The van der Waals surface area contributed by atoms with Gasteiger partial charge in [0.25, 0.3) is 5.91 Å². The van der Waals surface area contributed by atoms with E-state index in [1.54, 1.807) is 18.4 Å². The molecular weight excluding hydrogens is 372 g/mol. The topological polar surface area (TPSA) is 67.4 Å². The van der Waals surface area contributed by atoms with Gasteiger partial charge in [-0.1, -0.05) is 24.8 Å². The SMILES string of the molecule is C=CC(=O)NCC1CCC(c2c(C(=O)NCCOC)sc3ccccc23)CC1. The van der Waals surface area contributed by atoms with Crippen molar-refractivity contribution in [1.29, 1.82) is 0 Å². The highest BCUT2D eigenvalue weighted by atomic mass is 32.1. The molecule has 150 valence electrons. The van der Waals surface area contributed by atoms with Gasteiger partial charge in [0, 0.05) is 24.9 Å². The molecule has 5 nitrogen and oxygen atoms in total. The fourth-order valence-electron chi connectivity index (χ4n) is 3.96. The molecule has 6 heteroatoms. The second-order valence-electron chi connectivity index (χ2n) is 7.26. The van der Waals surface area contributed by atoms with Gasteiger partial charge >= 0.3 is 0 Å². The summed E-state index contributed by atoms with van der Waals surface area (Å²) in [6.45, 7) is 5.22. The van der Waals surface area contributed by atoms with E-state index in [-0.39, 0.29) is 11.8 Å². The number of carbonyl (C=O) groups is 2. The molecular formula is C22H28N2O3S. The summed E-state index contributed by atoms with van der Waals surface area (Å²) in [5.41, 5.74) is 1.20. The molecule has 0 saturated heterocycles. The summed E-state index contributed by atoms with van der Waals surface area (Å²) < 4.78 is 6.21. The Morgan fingerprint density at radius 2 is 1.96 bits per heavy atom. The van der Waals surface area contributed by atoms with Gasteiger partial charge in [-0.15, -0.1) is 11.3 Å². The number of benzene rings is 1. The van der Waals surface area contributed by atoms with Gasteiger partial charge in [-0.2, -0.15) is 0 Å². The largest absolute Gasteiger partial charge is 0.383 e. The minimum absolute atomic E-state index is 0.00591. The lowest BCUT2D eigenvalue weighted by Crippen LogP contribution is -2.30. The predicted octanol–water partition coefficient (Wildman–Crippen LogP) is 3.85. The molecule has 1 fully saturated rings. The lowest BCUT2D eigenvalue weighted by molar-refractivity contribution is -0.116. The molecule has 2 N–H and O–H groups in total. The average molecular weight is 401 g/mol. The maximum absolute atomic E-state index is 12.8. The van der Waals surface area contributed by atoms with E-state index in [1.807, 2.05) is 12.1 Å². The molecule has 1 heterocycles. The molecule has 1 aliphatic carbocycles. The lowest BCUT2D eigenvalue weighted by Gasteiger charge is -2.29. The zero-order chi connectivity index (χ0) is 19.9. The lowest BCUT2D eigenvalue weighted by atomic mass is 9.77. The van der Waals surface area contributed by atoms with Crippen LogP contribution in [-0.2, 0) is 9.53 Å². The Bertz CT molecular complexity index is 837. The summed E-state index contributed by atoms with van der Waals surface area (Å²) in [5, 5.41) is 7.09. The van der Waals surface area contributed by atoms with Crippen molar-refractivity contribution < 1.29 is 14.3 Å². The van der Waals surface area contributed by atoms with Gasteiger partial charge in [0.05, 0.1) is 11.5 Å². The standard InChI is InChI=1S/C22H28N2O3S/c1-3-19(25)24-14-15-8-10-16(11-9-15)20-17-6-4-5-7-18(17)28-21(20)22(26)23-12-13-27-2/h3-7,15-16H,1,8-14H2,2H3,(H,23,26)(H,24,25). The first-order valence-electron chi connectivity index (χ1n) is 9.82. The third kappa shape index (κ3) is 4.80. The number of hydrogen-bond donors (Lipinski definition) is 2. The molecule has 1 saturated carbocycles. The molecule has 0 bridgehead atoms. The van der Waals surface area contributed by atoms with Crippen molar-refractivity contribution in [2.75, 3.05) is 26.8 Å². The number of nitrogens with one attached hydrogen (secondary N) is 2. The predicted molar refractivity (Wildman–Crippen MR) is 114 cm³/mol. The maximum Gasteiger partial charge on any atom is 0.261 e. The molecule has 0 unspecified atom stereocenters. The first-order valence-corrected chi connectivity index (χ1v) is 10.6. The van der Waals surface area contributed by atoms with Gasteiger partial charge in [-0.05, 0) is 60.6 Å². The fraction of sp³-hybridized carbons (Fsp3) is 0.455. The fourth-order valence-corrected chi connectivity index (χ4v) is 5.16. The third-order valence-corrected chi connectivity index (χ3v) is 6.62. The van der Waals surface area contributed by atoms with E-state index in [1.165, 1.54) is 17.0 Å². The molecule has 0 radical (unpaired) electrons. The minimum Gasteiger partial charge on any atom is -0.383 e. The van der Waals surface area contributed by atoms with Crippen molar-refractivity contribution in [2.24, 2.45) is 5.92 Å². The number of carbonyl (C=O) groups excluding carboxylic acids is 2. The van der Waals surface area contributed by atoms with E-state index in [9.17, 15) is 9.59 Å². The Balaban J connectivity index is 1.75. The number of hydrogen-bond acceptors (Lipinski definition) is 4. The van der Waals surface area contributed by atoms with Crippen LogP contribution in [0.3, 0.4) is 0 Å². The zero-order valence-electron chi connectivity index (χ0n) is 16.3. The molecule has 1 aromatic heterocycles. The van der Waals surface area contributed by atoms with Crippen molar-refractivity contribution in [1.82, 2.24) is 10.6 Å². The highest BCUT2D eigenvalue weighted by molar-refractivity contribution is 7.21. The van der Waals surface area contributed by atoms with Crippen LogP contribution in [0, 0.1) is 5.92 Å². The molecule has 2 amide bonds. The van der Waals surface area contributed by atoms with Crippen LogP contribution in [0.2, 0.25) is 0 Å². The van der Waals surface area contributed by atoms with Crippen LogP contribution in [0.5, 0.6) is 0 Å². The summed E-state index contributed by atoms with van der Waals surface area (Å²) in [6, 6.07) is 8.28. The van der Waals surface area contributed by atoms with E-state index in [0.717, 1.165) is 35.3 Å². The number of methoxy groups -OCH3 is 1. The van der Waals surface area contributed by atoms with E-state index in [4.69, 9.17) is 4.74 Å². The summed E-state index contributed by atoms with van der Waals surface area (Å²) in [6.07, 6.45) is 5.49. The molecule has 0 aliphatic heterocycles. The molecule has 0 atom stereocenters. The van der Waals surface area contributed by atoms with Gasteiger partial charge in [0.15, 0.2) is 0 Å². The Morgan fingerprint density at radius 1 is 1.21 bits per heavy atom. The molecule has 28 heavy (non-hydrogen) atoms. The highest BCUT2D eigenvalue weighted by Crippen LogP contribution is 2.43.